The summed E-state index contributed by atoms with van der Waals surface area (Å²) in [6.45, 7) is 0. The normalized spacial score (nSPS) is 21.6. The standard InChI is InChI=1S/C13H14O3S/c14-12(15)13(5-6-13)9-1-3-10(4-2-9)16-11-7-17-8-11/h1-4,11H,5-8H2,(H,14,15). The van der Waals surface area contributed by atoms with E-state index in [1.165, 1.54) is 0 Å². The van der Waals surface area contributed by atoms with Crippen LogP contribution in [0.2, 0.25) is 0 Å². The van der Waals surface area contributed by atoms with Gasteiger partial charge in [0.2, 0.25) is 0 Å². The fourth-order valence-corrected chi connectivity index (χ4v) is 2.64. The molecule has 1 heterocycles. The summed E-state index contributed by atoms with van der Waals surface area (Å²) in [5, 5.41) is 9.19. The molecule has 2 fully saturated rings. The van der Waals surface area contributed by atoms with Gasteiger partial charge in [-0.15, -0.1) is 0 Å². The molecule has 17 heavy (non-hydrogen) atoms. The van der Waals surface area contributed by atoms with Gasteiger partial charge in [-0.1, -0.05) is 12.1 Å². The van der Waals surface area contributed by atoms with Crippen molar-refractivity contribution in [1.29, 1.82) is 0 Å². The maximum atomic E-state index is 11.2. The van der Waals surface area contributed by atoms with Crippen molar-refractivity contribution in [2.75, 3.05) is 11.5 Å². The molecule has 0 radical (unpaired) electrons. The van der Waals surface area contributed by atoms with E-state index in [0.717, 1.165) is 35.7 Å². The molecular formula is C13H14O3S. The number of carboxylic acid groups (broad SMARTS) is 1. The zero-order valence-corrected chi connectivity index (χ0v) is 10.2. The number of rotatable bonds is 4. The van der Waals surface area contributed by atoms with Crippen LogP contribution >= 0.6 is 11.8 Å². The van der Waals surface area contributed by atoms with Crippen LogP contribution in [0, 0.1) is 0 Å². The van der Waals surface area contributed by atoms with Crippen molar-refractivity contribution < 1.29 is 14.6 Å². The highest BCUT2D eigenvalue weighted by atomic mass is 32.2. The molecule has 1 saturated heterocycles. The molecular weight excluding hydrogens is 236 g/mol. The molecule has 0 amide bonds. The first-order chi connectivity index (χ1) is 8.21. The monoisotopic (exact) mass is 250 g/mol. The number of carbonyl (C=O) groups is 1. The molecule has 3 nitrogen and oxygen atoms in total. The molecule has 90 valence electrons. The summed E-state index contributed by atoms with van der Waals surface area (Å²) in [4.78, 5) is 11.2. The maximum Gasteiger partial charge on any atom is 0.314 e. The second kappa shape index (κ2) is 3.95. The average molecular weight is 250 g/mol. The van der Waals surface area contributed by atoms with Crippen molar-refractivity contribution in [1.82, 2.24) is 0 Å². The van der Waals surface area contributed by atoms with Crippen LogP contribution in [-0.2, 0) is 10.2 Å². The zero-order valence-electron chi connectivity index (χ0n) is 9.39. The van der Waals surface area contributed by atoms with Gasteiger partial charge in [0, 0.05) is 11.5 Å². The van der Waals surface area contributed by atoms with Crippen LogP contribution in [0.25, 0.3) is 0 Å². The summed E-state index contributed by atoms with van der Waals surface area (Å²) in [5.74, 6) is 2.25. The summed E-state index contributed by atoms with van der Waals surface area (Å²) >= 11 is 1.88. The van der Waals surface area contributed by atoms with E-state index in [1.54, 1.807) is 0 Å². The lowest BCUT2D eigenvalue weighted by atomic mass is 9.96. The van der Waals surface area contributed by atoms with Gasteiger partial charge in [-0.3, -0.25) is 4.79 Å². The molecule has 1 aromatic carbocycles. The van der Waals surface area contributed by atoms with Gasteiger partial charge in [0.15, 0.2) is 0 Å². The Balaban J connectivity index is 1.73. The van der Waals surface area contributed by atoms with E-state index in [1.807, 2.05) is 36.0 Å². The van der Waals surface area contributed by atoms with Crippen molar-refractivity contribution in [3.8, 4) is 5.75 Å². The van der Waals surface area contributed by atoms with E-state index in [4.69, 9.17) is 4.74 Å². The van der Waals surface area contributed by atoms with Crippen LogP contribution in [0.5, 0.6) is 5.75 Å². The minimum Gasteiger partial charge on any atom is -0.489 e. The lowest BCUT2D eigenvalue weighted by Gasteiger charge is -2.26. The first kappa shape index (κ1) is 11.0. The third-order valence-electron chi connectivity index (χ3n) is 3.48. The van der Waals surface area contributed by atoms with E-state index in [9.17, 15) is 9.90 Å². The molecule has 1 saturated carbocycles. The van der Waals surface area contributed by atoms with Crippen LogP contribution < -0.4 is 4.74 Å². The van der Waals surface area contributed by atoms with Crippen LogP contribution in [0.3, 0.4) is 0 Å². The first-order valence-corrected chi connectivity index (χ1v) is 6.94. The number of ether oxygens (including phenoxy) is 1. The maximum absolute atomic E-state index is 11.2. The molecule has 4 heteroatoms. The zero-order chi connectivity index (χ0) is 11.9. The minimum absolute atomic E-state index is 0.334. The Morgan fingerprint density at radius 2 is 1.94 bits per heavy atom. The molecule has 0 aromatic heterocycles. The molecule has 3 rings (SSSR count). The topological polar surface area (TPSA) is 46.5 Å². The predicted octanol–water partition coefficient (Wildman–Crippen LogP) is 2.30. The summed E-state index contributed by atoms with van der Waals surface area (Å²) in [7, 11) is 0. The summed E-state index contributed by atoms with van der Waals surface area (Å²) in [6.07, 6.45) is 1.84. The van der Waals surface area contributed by atoms with Gasteiger partial charge >= 0.3 is 5.97 Å². The largest absolute Gasteiger partial charge is 0.489 e. The van der Waals surface area contributed by atoms with E-state index >= 15 is 0 Å². The van der Waals surface area contributed by atoms with Crippen molar-refractivity contribution in [3.63, 3.8) is 0 Å². The third kappa shape index (κ3) is 1.90. The van der Waals surface area contributed by atoms with E-state index in [2.05, 4.69) is 0 Å². The molecule has 0 atom stereocenters. The van der Waals surface area contributed by atoms with Gasteiger partial charge in [-0.25, -0.2) is 0 Å². The van der Waals surface area contributed by atoms with Gasteiger partial charge in [0.1, 0.15) is 11.9 Å². The Bertz CT molecular complexity index is 432. The van der Waals surface area contributed by atoms with Crippen LogP contribution in [0.15, 0.2) is 24.3 Å². The Morgan fingerprint density at radius 3 is 2.35 bits per heavy atom. The number of thioether (sulfide) groups is 1. The van der Waals surface area contributed by atoms with Crippen molar-refractivity contribution >= 4 is 17.7 Å². The first-order valence-electron chi connectivity index (χ1n) is 5.79. The Hall–Kier alpha value is -1.16. The Kier molecular flexibility index (Phi) is 2.54. The lowest BCUT2D eigenvalue weighted by Crippen LogP contribution is -2.31. The SMILES string of the molecule is O=C(O)C1(c2ccc(OC3CSC3)cc2)CC1. The predicted molar refractivity (Wildman–Crippen MR) is 66.7 cm³/mol. The lowest BCUT2D eigenvalue weighted by molar-refractivity contribution is -0.140. The smallest absolute Gasteiger partial charge is 0.314 e. The van der Waals surface area contributed by atoms with E-state index in [0.29, 0.717) is 6.10 Å². The highest BCUT2D eigenvalue weighted by Crippen LogP contribution is 2.48. The van der Waals surface area contributed by atoms with Gasteiger partial charge in [-0.2, -0.15) is 11.8 Å². The molecule has 0 bridgehead atoms. The summed E-state index contributed by atoms with van der Waals surface area (Å²) in [6, 6.07) is 7.56. The van der Waals surface area contributed by atoms with E-state index < -0.39 is 11.4 Å². The molecule has 1 aliphatic heterocycles. The fraction of sp³-hybridized carbons (Fsp3) is 0.462. The molecule has 0 unspecified atom stereocenters. The Morgan fingerprint density at radius 1 is 1.29 bits per heavy atom. The highest BCUT2D eigenvalue weighted by molar-refractivity contribution is 8.00. The van der Waals surface area contributed by atoms with E-state index in [-0.39, 0.29) is 0 Å². The number of hydrogen-bond donors (Lipinski definition) is 1. The second-order valence-electron chi connectivity index (χ2n) is 4.69. The fourth-order valence-electron chi connectivity index (χ4n) is 2.08. The number of hydrogen-bond acceptors (Lipinski definition) is 3. The summed E-state index contributed by atoms with van der Waals surface area (Å²) in [5.41, 5.74) is 0.297. The average Bonchev–Trinajstić information content (AvgIpc) is 3.05. The van der Waals surface area contributed by atoms with Gasteiger partial charge in [0.25, 0.3) is 0 Å². The molecule has 1 aromatic rings. The van der Waals surface area contributed by atoms with Crippen LogP contribution in [0.1, 0.15) is 18.4 Å². The Labute approximate surface area is 104 Å². The molecule has 1 aliphatic carbocycles. The number of aliphatic carboxylic acids is 1. The van der Waals surface area contributed by atoms with Gasteiger partial charge in [-0.05, 0) is 30.5 Å². The number of benzene rings is 1. The minimum atomic E-state index is -0.707. The number of carboxylic acids is 1. The molecule has 1 N–H and O–H groups in total. The van der Waals surface area contributed by atoms with Gasteiger partial charge < -0.3 is 9.84 Å². The van der Waals surface area contributed by atoms with Crippen molar-refractivity contribution in [3.05, 3.63) is 29.8 Å². The molecule has 2 aliphatic rings. The van der Waals surface area contributed by atoms with Crippen molar-refractivity contribution in [2.45, 2.75) is 24.4 Å². The van der Waals surface area contributed by atoms with Crippen LogP contribution in [-0.4, -0.2) is 28.7 Å². The van der Waals surface area contributed by atoms with Gasteiger partial charge in [0.05, 0.1) is 5.41 Å². The van der Waals surface area contributed by atoms with Crippen molar-refractivity contribution in [2.24, 2.45) is 0 Å². The second-order valence-corrected chi connectivity index (χ2v) is 5.76. The third-order valence-corrected chi connectivity index (χ3v) is 4.69. The summed E-state index contributed by atoms with van der Waals surface area (Å²) < 4.78 is 5.73. The van der Waals surface area contributed by atoms with Crippen LogP contribution in [0.4, 0.5) is 0 Å². The quantitative estimate of drug-likeness (QED) is 0.890. The highest BCUT2D eigenvalue weighted by Gasteiger charge is 2.51. The molecule has 0 spiro atoms.